The molecule has 8 bridgehead atoms. The number of aliphatic carboxylic acids is 1. The summed E-state index contributed by atoms with van der Waals surface area (Å²) in [7, 11) is 1.29. The molecule has 4 aliphatic heterocycles. The number of para-hydroxylation sites is 4. The number of carbonyl (C=O) groups is 6. The summed E-state index contributed by atoms with van der Waals surface area (Å²) in [6.45, 7) is 19.6. The number of carboxylic acid groups (broad SMARTS) is 1. The lowest BCUT2D eigenvalue weighted by Crippen LogP contribution is -2.57. The molecule has 4 aromatic carbocycles. The van der Waals surface area contributed by atoms with Crippen molar-refractivity contribution < 1.29 is 57.6 Å². The van der Waals surface area contributed by atoms with E-state index in [-0.39, 0.29) is 55.9 Å². The van der Waals surface area contributed by atoms with Gasteiger partial charge < -0.3 is 49.2 Å². The number of nitrogens with zero attached hydrogens (tertiary/aromatic N) is 6. The van der Waals surface area contributed by atoms with E-state index in [9.17, 15) is 33.9 Å². The Morgan fingerprint density at radius 1 is 0.576 bits per heavy atom. The van der Waals surface area contributed by atoms with E-state index in [1.165, 1.54) is 16.9 Å². The van der Waals surface area contributed by atoms with Gasteiger partial charge in [0.15, 0.2) is 0 Å². The molecule has 2 fully saturated rings. The molecule has 20 nitrogen and oxygen atoms in total. The Labute approximate surface area is 495 Å². The lowest BCUT2D eigenvalue weighted by Gasteiger charge is -2.35. The topological polar surface area (TPSA) is 251 Å². The van der Waals surface area contributed by atoms with Crippen molar-refractivity contribution >= 4 is 58.0 Å². The second-order valence-electron chi connectivity index (χ2n) is 26.3. The normalized spacial score (nSPS) is 23.0. The van der Waals surface area contributed by atoms with Gasteiger partial charge in [0, 0.05) is 24.0 Å². The highest BCUT2D eigenvalue weighted by Crippen LogP contribution is 2.37. The number of amides is 4. The van der Waals surface area contributed by atoms with Crippen LogP contribution in [-0.4, -0.2) is 141 Å². The Morgan fingerprint density at radius 2 is 0.965 bits per heavy atom. The maximum Gasteiger partial charge on any atom is 0.407 e. The van der Waals surface area contributed by atoms with Crippen LogP contribution in [0, 0.1) is 21.7 Å². The first-order valence-corrected chi connectivity index (χ1v) is 29.0. The van der Waals surface area contributed by atoms with Crippen molar-refractivity contribution in [1.29, 1.82) is 0 Å². The summed E-state index contributed by atoms with van der Waals surface area (Å²) in [4.78, 5) is 101. The number of carbonyl (C=O) groups excluding carboxylic acids is 5. The van der Waals surface area contributed by atoms with Crippen LogP contribution >= 0.6 is 0 Å². The van der Waals surface area contributed by atoms with Gasteiger partial charge in [0.2, 0.25) is 23.6 Å². The molecular weight excluding hydrogens is 1080 g/mol. The Hall–Kier alpha value is -8.42. The van der Waals surface area contributed by atoms with Gasteiger partial charge in [-0.15, -0.1) is 0 Å². The largest absolute Gasteiger partial charge is 0.480 e. The monoisotopic (exact) mass is 1160 g/mol. The molecule has 0 aliphatic carbocycles. The quantitative estimate of drug-likeness (QED) is 0.108. The smallest absolute Gasteiger partial charge is 0.407 e. The number of methoxy groups -OCH3 is 1. The van der Waals surface area contributed by atoms with Crippen LogP contribution in [0.3, 0.4) is 0 Å². The maximum atomic E-state index is 14.0. The van der Waals surface area contributed by atoms with E-state index in [0.29, 0.717) is 33.8 Å². The average molecular weight is 1160 g/mol. The highest BCUT2D eigenvalue weighted by atomic mass is 16.6. The number of ether oxygens (including phenoxy) is 5. The van der Waals surface area contributed by atoms with Crippen LogP contribution < -0.4 is 20.1 Å². The van der Waals surface area contributed by atoms with Crippen molar-refractivity contribution in [2.45, 2.75) is 144 Å². The molecule has 6 aromatic rings. The third-order valence-corrected chi connectivity index (χ3v) is 16.0. The molecule has 6 heterocycles. The first-order chi connectivity index (χ1) is 40.1. The van der Waals surface area contributed by atoms with Crippen LogP contribution in [0.15, 0.2) is 97.1 Å². The first kappa shape index (κ1) is 61.1. The summed E-state index contributed by atoms with van der Waals surface area (Å²) >= 11 is 0. The number of alkyl carbamates (subject to hydrolysis) is 2. The van der Waals surface area contributed by atoms with E-state index in [1.807, 2.05) is 148 Å². The number of aryl methyl sites for hydroxylation is 2. The summed E-state index contributed by atoms with van der Waals surface area (Å²) in [5.74, 6) is -2.01. The molecule has 450 valence electrons. The highest BCUT2D eigenvalue weighted by molar-refractivity contribution is 5.92. The second kappa shape index (κ2) is 24.7. The van der Waals surface area contributed by atoms with Gasteiger partial charge in [-0.1, -0.05) is 130 Å². The predicted octanol–water partition coefficient (Wildman–Crippen LogP) is 9.77. The fourth-order valence-electron chi connectivity index (χ4n) is 11.0. The van der Waals surface area contributed by atoms with E-state index >= 15 is 0 Å². The van der Waals surface area contributed by atoms with Gasteiger partial charge in [0.25, 0.3) is 0 Å². The Balaban J connectivity index is 0.000000204. The maximum absolute atomic E-state index is 14.0. The standard InChI is InChI=1S/C33H40N4O6.C32H38N4O6/c1-32(2,3)27-29(38)37-18-22(17-25(37)30(39)41-6)43-28-26(34-23-12-7-8-13-24(23)35-28)21-11-9-10-20(16-21)14-15-33(4,5)19-42-31(40)36-27;1-31(2,3)26-28(37)36-17-21(16-24(36)29(38)39)42-27-25(33-22-11-6-7-12-23(22)34-27)20-10-8-9-19(15-20)13-14-32(4,5)18-41-30(40)35-26/h7-13,16,22,25,27H,14-15,17-19H2,1-6H3,(H,36,40);6-12,15,21,24,26H,13-14,16-18H2,1-5H3,(H,35,40)(H,38,39)/t22-,25+,27-;21-,24+,26-/m11/s1. The molecule has 0 saturated carbocycles. The van der Waals surface area contributed by atoms with Crippen molar-refractivity contribution in [2.75, 3.05) is 33.4 Å². The molecule has 85 heavy (non-hydrogen) atoms. The molecule has 2 aromatic heterocycles. The van der Waals surface area contributed by atoms with Crippen LogP contribution in [0.4, 0.5) is 9.59 Å². The molecule has 2 saturated heterocycles. The molecule has 6 atom stereocenters. The minimum Gasteiger partial charge on any atom is -0.480 e. The van der Waals surface area contributed by atoms with Gasteiger partial charge in [-0.3, -0.25) is 9.59 Å². The van der Waals surface area contributed by atoms with Crippen molar-refractivity contribution in [3.63, 3.8) is 0 Å². The molecule has 0 radical (unpaired) electrons. The zero-order valence-electron chi connectivity index (χ0n) is 50.4. The lowest BCUT2D eigenvalue weighted by molar-refractivity contribution is -0.152. The van der Waals surface area contributed by atoms with Gasteiger partial charge in [-0.25, -0.2) is 39.1 Å². The van der Waals surface area contributed by atoms with Crippen LogP contribution in [-0.2, 0) is 46.2 Å². The molecule has 20 heteroatoms. The summed E-state index contributed by atoms with van der Waals surface area (Å²) in [6.07, 6.45) is 0.637. The molecule has 3 N–H and O–H groups in total. The number of fused-ring (bicyclic) bond motifs is 14. The molecule has 10 rings (SSSR count). The third kappa shape index (κ3) is 14.6. The number of aromatic nitrogens is 4. The minimum atomic E-state index is -1.14. The van der Waals surface area contributed by atoms with Crippen molar-refractivity contribution in [3.05, 3.63) is 108 Å². The van der Waals surface area contributed by atoms with Gasteiger partial charge in [0.1, 0.15) is 47.8 Å². The fraction of sp³-hybridized carbons (Fsp3) is 0.477. The van der Waals surface area contributed by atoms with Crippen LogP contribution in [0.1, 0.15) is 106 Å². The number of rotatable bonds is 2. The number of benzene rings is 4. The third-order valence-electron chi connectivity index (χ3n) is 16.0. The SMILES string of the molecule is CC1(C)CCc2cccc(c2)-c2nc3ccccc3nc2O[C@@H]2C[C@@H](C(=O)O)N(C2)C(=O)[C@H](C(C)(C)C)NC(=O)OC1.COC(=O)[C@@H]1C[C@@H]2CN1C(=O)[C@H](C(C)(C)C)NC(=O)OCC(C)(C)CCc1cccc(c1)-c1nc3ccccc3nc1O2. The van der Waals surface area contributed by atoms with Gasteiger partial charge >= 0.3 is 24.1 Å². The number of cyclic esters (lactones) is 2. The number of nitrogens with one attached hydrogen (secondary N) is 2. The lowest BCUT2D eigenvalue weighted by atomic mass is 9.85. The second-order valence-corrected chi connectivity index (χ2v) is 26.3. The zero-order valence-corrected chi connectivity index (χ0v) is 50.4. The zero-order chi connectivity index (χ0) is 61.2. The molecule has 4 amide bonds. The predicted molar refractivity (Wildman–Crippen MR) is 318 cm³/mol. The van der Waals surface area contributed by atoms with E-state index in [1.54, 1.807) is 0 Å². The summed E-state index contributed by atoms with van der Waals surface area (Å²) < 4.78 is 29.2. The summed E-state index contributed by atoms with van der Waals surface area (Å²) in [5, 5.41) is 15.6. The fourth-order valence-corrected chi connectivity index (χ4v) is 11.0. The average Bonchev–Trinajstić information content (AvgIpc) is 2.83. The van der Waals surface area contributed by atoms with Crippen LogP contribution in [0.2, 0.25) is 0 Å². The van der Waals surface area contributed by atoms with Crippen LogP contribution in [0.25, 0.3) is 44.6 Å². The van der Waals surface area contributed by atoms with Gasteiger partial charge in [0.05, 0.1) is 55.5 Å². The number of hydrogen-bond donors (Lipinski definition) is 3. The molecular formula is C65H78N8O12. The Kier molecular flexibility index (Phi) is 17.7. The van der Waals surface area contributed by atoms with Crippen molar-refractivity contribution in [2.24, 2.45) is 21.7 Å². The van der Waals surface area contributed by atoms with Crippen molar-refractivity contribution in [3.8, 4) is 34.3 Å². The van der Waals surface area contributed by atoms with Crippen LogP contribution in [0.5, 0.6) is 11.8 Å². The van der Waals surface area contributed by atoms with Gasteiger partial charge in [-0.05, 0) is 94.9 Å². The minimum absolute atomic E-state index is 0.0140. The highest BCUT2D eigenvalue weighted by Gasteiger charge is 2.48. The summed E-state index contributed by atoms with van der Waals surface area (Å²) in [5.41, 5.74) is 5.71. The number of carboxylic acids is 1. The Bertz CT molecular complexity index is 3500. The van der Waals surface area contributed by atoms with E-state index in [4.69, 9.17) is 43.6 Å². The first-order valence-electron chi connectivity index (χ1n) is 29.0. The number of esters is 1. The van der Waals surface area contributed by atoms with Crippen molar-refractivity contribution in [1.82, 2.24) is 40.4 Å². The Morgan fingerprint density at radius 3 is 1.35 bits per heavy atom. The molecule has 0 unspecified atom stereocenters. The van der Waals surface area contributed by atoms with E-state index in [2.05, 4.69) is 28.8 Å². The van der Waals surface area contributed by atoms with Gasteiger partial charge in [-0.2, -0.15) is 0 Å². The van der Waals surface area contributed by atoms with E-state index in [0.717, 1.165) is 53.5 Å². The molecule has 4 aliphatic rings. The van der Waals surface area contributed by atoms with E-state index < -0.39 is 83.1 Å². The molecule has 0 spiro atoms. The summed E-state index contributed by atoms with van der Waals surface area (Å²) in [6, 6.07) is 27.2. The number of hydrogen-bond acceptors (Lipinski definition) is 15.